The maximum atomic E-state index is 13.4. The number of nitrogens with zero attached hydrogens (tertiary/aromatic N) is 1. The number of para-hydroxylation sites is 1. The summed E-state index contributed by atoms with van der Waals surface area (Å²) in [6.45, 7) is 1.37. The van der Waals surface area contributed by atoms with E-state index in [9.17, 15) is 9.18 Å². The second-order valence-electron chi connectivity index (χ2n) is 5.08. The first kappa shape index (κ1) is 14.8. The standard InChI is InChI=1S/C15H20FNO3/c16-13-5-1-2-6-14(13)20-11-15(19)17-8-3-4-12(10-17)7-9-18/h1-2,5-6,12,18H,3-4,7-11H2. The highest BCUT2D eigenvalue weighted by molar-refractivity contribution is 5.77. The van der Waals surface area contributed by atoms with E-state index in [0.717, 1.165) is 19.3 Å². The predicted octanol–water partition coefficient (Wildman–Crippen LogP) is 1.83. The number of rotatable bonds is 5. The summed E-state index contributed by atoms with van der Waals surface area (Å²) in [6.07, 6.45) is 2.70. The van der Waals surface area contributed by atoms with Gasteiger partial charge in [-0.3, -0.25) is 4.79 Å². The lowest BCUT2D eigenvalue weighted by atomic mass is 9.95. The van der Waals surface area contributed by atoms with E-state index in [4.69, 9.17) is 9.84 Å². The summed E-state index contributed by atoms with van der Waals surface area (Å²) in [5.41, 5.74) is 0. The number of carbonyl (C=O) groups is 1. The Morgan fingerprint density at radius 1 is 1.45 bits per heavy atom. The van der Waals surface area contributed by atoms with Crippen LogP contribution in [-0.4, -0.2) is 42.2 Å². The van der Waals surface area contributed by atoms with Crippen molar-refractivity contribution < 1.29 is 19.0 Å². The maximum absolute atomic E-state index is 13.4. The molecule has 0 spiro atoms. The number of hydrogen-bond acceptors (Lipinski definition) is 3. The van der Waals surface area contributed by atoms with Gasteiger partial charge in [0.05, 0.1) is 0 Å². The molecular weight excluding hydrogens is 261 g/mol. The molecule has 1 saturated heterocycles. The summed E-state index contributed by atoms with van der Waals surface area (Å²) in [5.74, 6) is -0.135. The minimum atomic E-state index is -0.461. The van der Waals surface area contributed by atoms with Crippen molar-refractivity contribution in [3.63, 3.8) is 0 Å². The van der Waals surface area contributed by atoms with Crippen LogP contribution in [0.2, 0.25) is 0 Å². The van der Waals surface area contributed by atoms with Crippen molar-refractivity contribution in [3.05, 3.63) is 30.1 Å². The number of ether oxygens (including phenoxy) is 1. The van der Waals surface area contributed by atoms with Gasteiger partial charge in [0.15, 0.2) is 18.2 Å². The van der Waals surface area contributed by atoms with E-state index in [2.05, 4.69) is 0 Å². The Labute approximate surface area is 118 Å². The number of aliphatic hydroxyl groups excluding tert-OH is 1. The Bertz CT molecular complexity index is 450. The summed E-state index contributed by atoms with van der Waals surface area (Å²) >= 11 is 0. The lowest BCUT2D eigenvalue weighted by Crippen LogP contribution is -2.42. The second-order valence-corrected chi connectivity index (χ2v) is 5.08. The lowest BCUT2D eigenvalue weighted by Gasteiger charge is -2.32. The third-order valence-corrected chi connectivity index (χ3v) is 3.60. The van der Waals surface area contributed by atoms with Crippen LogP contribution in [0.5, 0.6) is 5.75 Å². The minimum Gasteiger partial charge on any atom is -0.481 e. The maximum Gasteiger partial charge on any atom is 0.260 e. The van der Waals surface area contributed by atoms with Crippen LogP contribution in [0, 0.1) is 11.7 Å². The quantitative estimate of drug-likeness (QED) is 0.895. The van der Waals surface area contributed by atoms with E-state index in [-0.39, 0.29) is 24.9 Å². The van der Waals surface area contributed by atoms with Crippen LogP contribution in [0.1, 0.15) is 19.3 Å². The SMILES string of the molecule is O=C(COc1ccccc1F)N1CCCC(CCO)C1. The molecule has 1 aromatic rings. The molecule has 0 aromatic heterocycles. The van der Waals surface area contributed by atoms with Crippen molar-refractivity contribution in [2.24, 2.45) is 5.92 Å². The van der Waals surface area contributed by atoms with Crippen molar-refractivity contribution in [1.82, 2.24) is 4.90 Å². The van der Waals surface area contributed by atoms with E-state index < -0.39 is 5.82 Å². The van der Waals surface area contributed by atoms with Crippen LogP contribution in [0.15, 0.2) is 24.3 Å². The number of benzene rings is 1. The van der Waals surface area contributed by atoms with Gasteiger partial charge in [0, 0.05) is 19.7 Å². The van der Waals surface area contributed by atoms with Crippen molar-refractivity contribution in [3.8, 4) is 5.75 Å². The van der Waals surface area contributed by atoms with Gasteiger partial charge in [-0.05, 0) is 37.3 Å². The average molecular weight is 281 g/mol. The molecule has 4 nitrogen and oxygen atoms in total. The molecule has 0 radical (unpaired) electrons. The number of amides is 1. The molecule has 1 atom stereocenters. The Morgan fingerprint density at radius 3 is 3.00 bits per heavy atom. The number of hydrogen-bond donors (Lipinski definition) is 1. The van der Waals surface area contributed by atoms with Crippen molar-refractivity contribution >= 4 is 5.91 Å². The molecule has 0 saturated carbocycles. The Balaban J connectivity index is 1.84. The van der Waals surface area contributed by atoms with Crippen molar-refractivity contribution in [1.29, 1.82) is 0 Å². The first-order chi connectivity index (χ1) is 9.70. The molecule has 1 heterocycles. The summed E-state index contributed by atoms with van der Waals surface area (Å²) in [7, 11) is 0. The predicted molar refractivity (Wildman–Crippen MR) is 72.9 cm³/mol. The van der Waals surface area contributed by atoms with Crippen LogP contribution in [-0.2, 0) is 4.79 Å². The van der Waals surface area contributed by atoms with Crippen LogP contribution >= 0.6 is 0 Å². The molecule has 2 rings (SSSR count). The van der Waals surface area contributed by atoms with Gasteiger partial charge in [0.1, 0.15) is 0 Å². The fourth-order valence-electron chi connectivity index (χ4n) is 2.50. The first-order valence-electron chi connectivity index (χ1n) is 6.96. The number of likely N-dealkylation sites (tertiary alicyclic amines) is 1. The minimum absolute atomic E-state index is 0.102. The number of piperidine rings is 1. The molecule has 20 heavy (non-hydrogen) atoms. The molecule has 1 aromatic carbocycles. The number of halogens is 1. The smallest absolute Gasteiger partial charge is 0.260 e. The monoisotopic (exact) mass is 281 g/mol. The largest absolute Gasteiger partial charge is 0.481 e. The van der Waals surface area contributed by atoms with Crippen LogP contribution in [0.4, 0.5) is 4.39 Å². The Kier molecular flexibility index (Phi) is 5.35. The van der Waals surface area contributed by atoms with E-state index in [1.54, 1.807) is 17.0 Å². The third-order valence-electron chi connectivity index (χ3n) is 3.60. The topological polar surface area (TPSA) is 49.8 Å². The summed E-state index contributed by atoms with van der Waals surface area (Å²) in [5, 5.41) is 8.96. The molecule has 1 fully saturated rings. The van der Waals surface area contributed by atoms with Crippen LogP contribution in [0.3, 0.4) is 0 Å². The molecule has 1 aliphatic heterocycles. The van der Waals surface area contributed by atoms with E-state index >= 15 is 0 Å². The van der Waals surface area contributed by atoms with Gasteiger partial charge >= 0.3 is 0 Å². The van der Waals surface area contributed by atoms with Crippen molar-refractivity contribution in [2.75, 3.05) is 26.3 Å². The highest BCUT2D eigenvalue weighted by Gasteiger charge is 2.23. The molecule has 1 aliphatic rings. The van der Waals surface area contributed by atoms with Gasteiger partial charge in [-0.1, -0.05) is 12.1 Å². The first-order valence-corrected chi connectivity index (χ1v) is 6.96. The van der Waals surface area contributed by atoms with Crippen LogP contribution < -0.4 is 4.74 Å². The zero-order valence-corrected chi connectivity index (χ0v) is 11.4. The number of carbonyl (C=O) groups excluding carboxylic acids is 1. The zero-order valence-electron chi connectivity index (χ0n) is 11.4. The van der Waals surface area contributed by atoms with Crippen molar-refractivity contribution in [2.45, 2.75) is 19.3 Å². The highest BCUT2D eigenvalue weighted by Crippen LogP contribution is 2.20. The fourth-order valence-corrected chi connectivity index (χ4v) is 2.50. The Morgan fingerprint density at radius 2 is 2.25 bits per heavy atom. The number of aliphatic hydroxyl groups is 1. The molecule has 1 N–H and O–H groups in total. The van der Waals surface area contributed by atoms with Gasteiger partial charge < -0.3 is 14.7 Å². The molecule has 5 heteroatoms. The lowest BCUT2D eigenvalue weighted by molar-refractivity contribution is -0.135. The van der Waals surface area contributed by atoms with Gasteiger partial charge in [0.2, 0.25) is 0 Å². The van der Waals surface area contributed by atoms with E-state index in [0.29, 0.717) is 19.0 Å². The normalized spacial score (nSPS) is 18.9. The molecule has 0 aliphatic carbocycles. The molecule has 0 bridgehead atoms. The second kappa shape index (κ2) is 7.24. The average Bonchev–Trinajstić information content (AvgIpc) is 2.47. The summed E-state index contributed by atoms with van der Waals surface area (Å²) < 4.78 is 18.6. The summed E-state index contributed by atoms with van der Waals surface area (Å²) in [6, 6.07) is 6.06. The molecular formula is C15H20FNO3. The summed E-state index contributed by atoms with van der Waals surface area (Å²) in [4.78, 5) is 13.8. The van der Waals surface area contributed by atoms with Crippen LogP contribution in [0.25, 0.3) is 0 Å². The van der Waals surface area contributed by atoms with E-state index in [1.807, 2.05) is 0 Å². The molecule has 1 amide bonds. The van der Waals surface area contributed by atoms with Gasteiger partial charge in [-0.15, -0.1) is 0 Å². The van der Waals surface area contributed by atoms with Gasteiger partial charge in [-0.2, -0.15) is 0 Å². The van der Waals surface area contributed by atoms with E-state index in [1.165, 1.54) is 12.1 Å². The highest BCUT2D eigenvalue weighted by atomic mass is 19.1. The third kappa shape index (κ3) is 3.93. The molecule has 1 unspecified atom stereocenters. The Hall–Kier alpha value is -1.62. The van der Waals surface area contributed by atoms with Gasteiger partial charge in [0.25, 0.3) is 5.91 Å². The van der Waals surface area contributed by atoms with Gasteiger partial charge in [-0.25, -0.2) is 4.39 Å². The fraction of sp³-hybridized carbons (Fsp3) is 0.533. The molecule has 110 valence electrons. The zero-order chi connectivity index (χ0) is 14.4.